The molecular formula is C10H13N3O2S. The molecule has 0 saturated carbocycles. The minimum atomic E-state index is -0.725. The van der Waals surface area contributed by atoms with E-state index >= 15 is 0 Å². The van der Waals surface area contributed by atoms with Gasteiger partial charge in [-0.15, -0.1) is 11.8 Å². The van der Waals surface area contributed by atoms with Crippen LogP contribution >= 0.6 is 11.8 Å². The fourth-order valence-electron chi connectivity index (χ4n) is 1.76. The Hall–Kier alpha value is -1.30. The van der Waals surface area contributed by atoms with Crippen LogP contribution < -0.4 is 4.90 Å². The van der Waals surface area contributed by atoms with Gasteiger partial charge in [0, 0.05) is 13.1 Å². The van der Waals surface area contributed by atoms with Crippen LogP contribution in [0.3, 0.4) is 0 Å². The van der Waals surface area contributed by atoms with Crippen LogP contribution in [0.5, 0.6) is 0 Å². The van der Waals surface area contributed by atoms with E-state index in [1.165, 1.54) is 11.8 Å². The summed E-state index contributed by atoms with van der Waals surface area (Å²) < 4.78 is 0. The number of aromatic nitrogens is 2. The average molecular weight is 239 g/mol. The summed E-state index contributed by atoms with van der Waals surface area (Å²) in [7, 11) is 0. The van der Waals surface area contributed by atoms with Gasteiger partial charge in [-0.05, 0) is 12.7 Å². The van der Waals surface area contributed by atoms with E-state index in [2.05, 4.69) is 9.97 Å². The lowest BCUT2D eigenvalue weighted by atomic mass is 10.1. The zero-order valence-electron chi connectivity index (χ0n) is 8.96. The maximum Gasteiger partial charge on any atom is 0.308 e. The van der Waals surface area contributed by atoms with Crippen molar-refractivity contribution in [3.05, 3.63) is 12.4 Å². The monoisotopic (exact) mass is 239 g/mol. The first-order chi connectivity index (χ1) is 7.70. The van der Waals surface area contributed by atoms with Crippen molar-refractivity contribution < 1.29 is 9.90 Å². The van der Waals surface area contributed by atoms with Crippen LogP contribution in [-0.2, 0) is 4.79 Å². The number of carboxylic acids is 1. The van der Waals surface area contributed by atoms with Crippen LogP contribution in [0.2, 0.25) is 0 Å². The van der Waals surface area contributed by atoms with Gasteiger partial charge in [0.1, 0.15) is 10.8 Å². The Morgan fingerprint density at radius 3 is 3.06 bits per heavy atom. The van der Waals surface area contributed by atoms with Gasteiger partial charge in [-0.3, -0.25) is 9.78 Å². The average Bonchev–Trinajstić information content (AvgIpc) is 2.78. The number of carboxylic acid groups (broad SMARTS) is 1. The fraction of sp³-hybridized carbons (Fsp3) is 0.500. The number of rotatable bonds is 3. The SMILES string of the molecule is CSc1cncc(N2CCC(C(=O)O)C2)n1. The van der Waals surface area contributed by atoms with Crippen molar-refractivity contribution >= 4 is 23.5 Å². The van der Waals surface area contributed by atoms with Gasteiger partial charge < -0.3 is 10.0 Å². The van der Waals surface area contributed by atoms with Crippen molar-refractivity contribution in [2.45, 2.75) is 11.4 Å². The molecule has 86 valence electrons. The molecule has 1 aliphatic rings. The van der Waals surface area contributed by atoms with Gasteiger partial charge in [0.05, 0.1) is 18.3 Å². The predicted octanol–water partition coefficient (Wildman–Crippen LogP) is 1.11. The minimum Gasteiger partial charge on any atom is -0.481 e. The Morgan fingerprint density at radius 2 is 2.44 bits per heavy atom. The first-order valence-electron chi connectivity index (χ1n) is 5.04. The third-order valence-electron chi connectivity index (χ3n) is 2.67. The number of carbonyl (C=O) groups is 1. The normalized spacial score (nSPS) is 20.1. The molecule has 1 N–H and O–H groups in total. The molecule has 0 aliphatic carbocycles. The van der Waals surface area contributed by atoms with E-state index in [-0.39, 0.29) is 5.92 Å². The molecule has 1 aromatic rings. The fourth-order valence-corrected chi connectivity index (χ4v) is 2.11. The number of anilines is 1. The van der Waals surface area contributed by atoms with Crippen LogP contribution in [0.4, 0.5) is 5.82 Å². The first kappa shape index (κ1) is 11.2. The van der Waals surface area contributed by atoms with Crippen molar-refractivity contribution in [2.75, 3.05) is 24.2 Å². The number of hydrogen-bond donors (Lipinski definition) is 1. The van der Waals surface area contributed by atoms with Gasteiger partial charge in [-0.1, -0.05) is 0 Å². The second-order valence-electron chi connectivity index (χ2n) is 3.69. The molecule has 1 fully saturated rings. The minimum absolute atomic E-state index is 0.278. The molecule has 1 unspecified atom stereocenters. The first-order valence-corrected chi connectivity index (χ1v) is 6.27. The maximum absolute atomic E-state index is 10.8. The van der Waals surface area contributed by atoms with Crippen molar-refractivity contribution in [3.63, 3.8) is 0 Å². The van der Waals surface area contributed by atoms with E-state index in [4.69, 9.17) is 5.11 Å². The summed E-state index contributed by atoms with van der Waals surface area (Å²) in [6.45, 7) is 1.27. The van der Waals surface area contributed by atoms with Gasteiger partial charge in [-0.2, -0.15) is 0 Å². The zero-order chi connectivity index (χ0) is 11.5. The highest BCUT2D eigenvalue weighted by atomic mass is 32.2. The standard InChI is InChI=1S/C10H13N3O2S/c1-16-9-5-11-4-8(12-9)13-3-2-7(6-13)10(14)15/h4-5,7H,2-3,6H2,1H3,(H,14,15). The molecule has 2 heterocycles. The summed E-state index contributed by atoms with van der Waals surface area (Å²) in [5.74, 6) is -0.230. The van der Waals surface area contributed by atoms with Crippen molar-refractivity contribution in [1.82, 2.24) is 9.97 Å². The quantitative estimate of drug-likeness (QED) is 0.797. The Bertz CT molecular complexity index is 399. The summed E-state index contributed by atoms with van der Waals surface area (Å²) in [5, 5.41) is 9.77. The second kappa shape index (κ2) is 4.69. The zero-order valence-corrected chi connectivity index (χ0v) is 9.78. The third-order valence-corrected chi connectivity index (χ3v) is 3.29. The molecule has 0 bridgehead atoms. The molecule has 6 heteroatoms. The van der Waals surface area contributed by atoms with Gasteiger partial charge in [0.2, 0.25) is 0 Å². The topological polar surface area (TPSA) is 66.3 Å². The van der Waals surface area contributed by atoms with E-state index in [1.54, 1.807) is 12.4 Å². The predicted molar refractivity (Wildman–Crippen MR) is 61.8 cm³/mol. The Labute approximate surface area is 97.9 Å². The van der Waals surface area contributed by atoms with Crippen molar-refractivity contribution in [2.24, 2.45) is 5.92 Å². The van der Waals surface area contributed by atoms with Crippen LogP contribution in [0, 0.1) is 5.92 Å². The van der Waals surface area contributed by atoms with Crippen LogP contribution in [-0.4, -0.2) is 40.4 Å². The highest BCUT2D eigenvalue weighted by Gasteiger charge is 2.28. The number of aliphatic carboxylic acids is 1. The van der Waals surface area contributed by atoms with Crippen LogP contribution in [0.25, 0.3) is 0 Å². The molecular weight excluding hydrogens is 226 g/mol. The molecule has 1 saturated heterocycles. The van der Waals surface area contributed by atoms with Crippen LogP contribution in [0.15, 0.2) is 17.4 Å². The highest BCUT2D eigenvalue weighted by Crippen LogP contribution is 2.23. The smallest absolute Gasteiger partial charge is 0.308 e. The summed E-state index contributed by atoms with van der Waals surface area (Å²) in [6, 6.07) is 0. The Balaban J connectivity index is 2.11. The molecule has 0 spiro atoms. The summed E-state index contributed by atoms with van der Waals surface area (Å²) in [6.07, 6.45) is 6.02. The highest BCUT2D eigenvalue weighted by molar-refractivity contribution is 7.98. The van der Waals surface area contributed by atoms with Crippen molar-refractivity contribution in [3.8, 4) is 0 Å². The summed E-state index contributed by atoms with van der Waals surface area (Å²) in [5.41, 5.74) is 0. The Morgan fingerprint density at radius 1 is 1.62 bits per heavy atom. The van der Waals surface area contributed by atoms with Gasteiger partial charge in [0.15, 0.2) is 0 Å². The molecule has 16 heavy (non-hydrogen) atoms. The lowest BCUT2D eigenvalue weighted by Gasteiger charge is -2.16. The van der Waals surface area contributed by atoms with E-state index in [0.29, 0.717) is 13.0 Å². The summed E-state index contributed by atoms with van der Waals surface area (Å²) >= 11 is 1.53. The Kier molecular flexibility index (Phi) is 3.28. The molecule has 0 radical (unpaired) electrons. The van der Waals surface area contributed by atoms with Crippen LogP contribution in [0.1, 0.15) is 6.42 Å². The van der Waals surface area contributed by atoms with E-state index < -0.39 is 5.97 Å². The molecule has 1 atom stereocenters. The molecule has 1 aliphatic heterocycles. The van der Waals surface area contributed by atoms with Gasteiger partial charge >= 0.3 is 5.97 Å². The number of thioether (sulfide) groups is 1. The lowest BCUT2D eigenvalue weighted by molar-refractivity contribution is -0.140. The molecule has 5 nitrogen and oxygen atoms in total. The maximum atomic E-state index is 10.8. The third kappa shape index (κ3) is 2.27. The number of nitrogens with zero attached hydrogens (tertiary/aromatic N) is 3. The molecule has 1 aromatic heterocycles. The number of hydrogen-bond acceptors (Lipinski definition) is 5. The summed E-state index contributed by atoms with van der Waals surface area (Å²) in [4.78, 5) is 21.3. The van der Waals surface area contributed by atoms with E-state index in [9.17, 15) is 4.79 Å². The molecule has 0 amide bonds. The largest absolute Gasteiger partial charge is 0.481 e. The van der Waals surface area contributed by atoms with Gasteiger partial charge in [0.25, 0.3) is 0 Å². The second-order valence-corrected chi connectivity index (χ2v) is 4.52. The molecule has 0 aromatic carbocycles. The van der Waals surface area contributed by atoms with E-state index in [1.807, 2.05) is 11.2 Å². The van der Waals surface area contributed by atoms with Crippen molar-refractivity contribution in [1.29, 1.82) is 0 Å². The lowest BCUT2D eigenvalue weighted by Crippen LogP contribution is -2.23. The molecule has 2 rings (SSSR count). The van der Waals surface area contributed by atoms with E-state index in [0.717, 1.165) is 17.4 Å². The van der Waals surface area contributed by atoms with Gasteiger partial charge in [-0.25, -0.2) is 4.98 Å².